The number of nitrogens with zero attached hydrogens (tertiary/aromatic N) is 3. The predicted molar refractivity (Wildman–Crippen MR) is 164 cm³/mol. The second-order valence-electron chi connectivity index (χ2n) is 11.3. The number of H-pyrrole nitrogens is 1. The number of anilines is 1. The normalized spacial score (nSPS) is 15.9. The molecule has 1 aliphatic rings. The molecule has 1 aliphatic heterocycles. The topological polar surface area (TPSA) is 90.6 Å². The van der Waals surface area contributed by atoms with E-state index in [9.17, 15) is 22.8 Å². The van der Waals surface area contributed by atoms with E-state index in [1.807, 2.05) is 50.2 Å². The van der Waals surface area contributed by atoms with Crippen molar-refractivity contribution in [2.75, 3.05) is 39.6 Å². The van der Waals surface area contributed by atoms with Crippen molar-refractivity contribution in [3.8, 4) is 0 Å². The number of nitrogens with one attached hydrogen (secondary N) is 2. The smallest absolute Gasteiger partial charge is 0.416 e. The van der Waals surface area contributed by atoms with Crippen LogP contribution in [0.3, 0.4) is 0 Å². The molecule has 44 heavy (non-hydrogen) atoms. The molecule has 2 aromatic heterocycles. The number of esters is 1. The van der Waals surface area contributed by atoms with Crippen molar-refractivity contribution >= 4 is 40.7 Å². The largest absolute Gasteiger partial charge is 0.464 e. The Kier molecular flexibility index (Phi) is 8.89. The van der Waals surface area contributed by atoms with Crippen molar-refractivity contribution in [3.05, 3.63) is 93.8 Å². The Morgan fingerprint density at radius 3 is 2.64 bits per heavy atom. The van der Waals surface area contributed by atoms with Gasteiger partial charge in [0.25, 0.3) is 5.91 Å². The van der Waals surface area contributed by atoms with Gasteiger partial charge in [-0.05, 0) is 86.1 Å². The summed E-state index contributed by atoms with van der Waals surface area (Å²) >= 11 is 0. The van der Waals surface area contributed by atoms with Gasteiger partial charge in [0.1, 0.15) is 11.3 Å². The van der Waals surface area contributed by atoms with Crippen LogP contribution in [0.5, 0.6) is 0 Å². The maximum Gasteiger partial charge on any atom is 0.416 e. The number of benzene rings is 2. The number of fused-ring (bicyclic) bond motifs is 1. The van der Waals surface area contributed by atoms with Gasteiger partial charge in [-0.25, -0.2) is 9.78 Å². The number of likely N-dealkylation sites (tertiary alicyclic amines) is 1. The minimum Gasteiger partial charge on any atom is -0.464 e. The van der Waals surface area contributed by atoms with Crippen molar-refractivity contribution < 1.29 is 27.5 Å². The summed E-state index contributed by atoms with van der Waals surface area (Å²) in [6.45, 7) is 3.51. The van der Waals surface area contributed by atoms with Crippen LogP contribution in [0.2, 0.25) is 0 Å². The number of methoxy groups -OCH3 is 1. The van der Waals surface area contributed by atoms with Crippen LogP contribution in [0, 0.1) is 6.92 Å². The highest BCUT2D eigenvalue weighted by atomic mass is 19.4. The van der Waals surface area contributed by atoms with Crippen LogP contribution in [0.4, 0.5) is 18.9 Å². The van der Waals surface area contributed by atoms with Gasteiger partial charge in [-0.3, -0.25) is 9.69 Å². The standard InChI is InChI=1S/C33H34F3N5O3/c1-20-5-10-26(14-22(20)7-6-21-13-25-16-29(32(43)44-4)39-30(25)37-17-21)38-31(42)23-8-9-24(28(15-23)33(34,35)36)18-41-12-11-27(19-41)40(2)3/h5-10,13-17,27H,11-12,18-19H2,1-4H3,(H,37,39)(H,38,42)/b7-6+. The lowest BCUT2D eigenvalue weighted by Crippen LogP contribution is -2.31. The van der Waals surface area contributed by atoms with E-state index in [2.05, 4.69) is 20.2 Å². The minimum atomic E-state index is -4.59. The van der Waals surface area contributed by atoms with Crippen molar-refractivity contribution in [2.24, 2.45) is 0 Å². The van der Waals surface area contributed by atoms with E-state index < -0.39 is 23.6 Å². The Hall–Kier alpha value is -4.48. The lowest BCUT2D eigenvalue weighted by Gasteiger charge is -2.22. The van der Waals surface area contributed by atoms with Crippen molar-refractivity contribution in [3.63, 3.8) is 0 Å². The first-order valence-electron chi connectivity index (χ1n) is 14.2. The monoisotopic (exact) mass is 605 g/mol. The van der Waals surface area contributed by atoms with E-state index in [4.69, 9.17) is 4.74 Å². The molecule has 11 heteroatoms. The molecule has 1 atom stereocenters. The molecule has 1 amide bonds. The summed E-state index contributed by atoms with van der Waals surface area (Å²) in [7, 11) is 5.25. The summed E-state index contributed by atoms with van der Waals surface area (Å²) < 4.78 is 46.9. The van der Waals surface area contributed by atoms with Crippen LogP contribution in [-0.2, 0) is 17.5 Å². The van der Waals surface area contributed by atoms with Crippen LogP contribution in [0.1, 0.15) is 55.1 Å². The number of alkyl halides is 3. The third-order valence-corrected chi connectivity index (χ3v) is 7.94. The summed E-state index contributed by atoms with van der Waals surface area (Å²) in [5.74, 6) is -1.11. The summed E-state index contributed by atoms with van der Waals surface area (Å²) in [5.41, 5.74) is 3.13. The molecular weight excluding hydrogens is 571 g/mol. The molecule has 2 N–H and O–H groups in total. The summed E-state index contributed by atoms with van der Waals surface area (Å²) in [5, 5.41) is 3.48. The highest BCUT2D eigenvalue weighted by molar-refractivity contribution is 6.04. The fraction of sp³-hybridized carbons (Fsp3) is 0.303. The molecule has 0 spiro atoms. The molecule has 0 saturated carbocycles. The Balaban J connectivity index is 1.31. The molecule has 0 radical (unpaired) electrons. The van der Waals surface area contributed by atoms with Crippen molar-refractivity contribution in [1.82, 2.24) is 19.8 Å². The first kappa shape index (κ1) is 31.0. The number of hydrogen-bond donors (Lipinski definition) is 2. The van der Waals surface area contributed by atoms with E-state index in [0.717, 1.165) is 41.1 Å². The van der Waals surface area contributed by atoms with Gasteiger partial charge in [0.05, 0.1) is 12.7 Å². The third-order valence-electron chi connectivity index (χ3n) is 7.94. The molecule has 5 rings (SSSR count). The van der Waals surface area contributed by atoms with Gasteiger partial charge in [-0.15, -0.1) is 0 Å². The quantitative estimate of drug-likeness (QED) is 0.231. The fourth-order valence-electron chi connectivity index (χ4n) is 5.37. The lowest BCUT2D eigenvalue weighted by atomic mass is 10.0. The van der Waals surface area contributed by atoms with Gasteiger partial charge in [-0.1, -0.05) is 24.3 Å². The minimum absolute atomic E-state index is 0.0662. The predicted octanol–water partition coefficient (Wildman–Crippen LogP) is 6.24. The molecule has 1 fully saturated rings. The second-order valence-corrected chi connectivity index (χ2v) is 11.3. The molecule has 0 bridgehead atoms. The third kappa shape index (κ3) is 7.00. The Morgan fingerprint density at radius 2 is 1.93 bits per heavy atom. The van der Waals surface area contributed by atoms with Gasteiger partial charge in [0.2, 0.25) is 0 Å². The molecule has 4 aromatic rings. The SMILES string of the molecule is COC(=O)c1cc2cc(/C=C/c3cc(NC(=O)c4ccc(CN5CCC(N(C)C)C5)c(C(F)(F)F)c4)ccc3C)cnc2[nH]1. The highest BCUT2D eigenvalue weighted by Gasteiger charge is 2.35. The number of aromatic amines is 1. The van der Waals surface area contributed by atoms with Gasteiger partial charge in [-0.2, -0.15) is 13.2 Å². The van der Waals surface area contributed by atoms with E-state index in [1.54, 1.807) is 24.4 Å². The van der Waals surface area contributed by atoms with Gasteiger partial charge < -0.3 is 19.9 Å². The van der Waals surface area contributed by atoms with Gasteiger partial charge in [0, 0.05) is 48.5 Å². The number of amides is 1. The average molecular weight is 606 g/mol. The zero-order valence-electron chi connectivity index (χ0n) is 25.0. The number of aromatic nitrogens is 2. The molecule has 8 nitrogen and oxygen atoms in total. The maximum absolute atomic E-state index is 14.1. The van der Waals surface area contributed by atoms with Crippen molar-refractivity contribution in [1.29, 1.82) is 0 Å². The lowest BCUT2D eigenvalue weighted by molar-refractivity contribution is -0.138. The summed E-state index contributed by atoms with van der Waals surface area (Å²) in [6.07, 6.45) is 1.68. The number of likely N-dealkylation sites (N-methyl/N-ethyl adjacent to an activating group) is 1. The number of carbonyl (C=O) groups excluding carboxylic acids is 2. The first-order valence-corrected chi connectivity index (χ1v) is 14.2. The molecule has 230 valence electrons. The van der Waals surface area contributed by atoms with E-state index in [1.165, 1.54) is 19.2 Å². The van der Waals surface area contributed by atoms with Crippen LogP contribution in [0.25, 0.3) is 23.2 Å². The zero-order chi connectivity index (χ0) is 31.6. The summed E-state index contributed by atoms with van der Waals surface area (Å²) in [6, 6.07) is 12.9. The van der Waals surface area contributed by atoms with Crippen molar-refractivity contribution in [2.45, 2.75) is 32.1 Å². The Labute approximate surface area is 253 Å². The maximum atomic E-state index is 14.1. The molecule has 3 heterocycles. The number of pyridine rings is 1. The zero-order valence-corrected chi connectivity index (χ0v) is 25.0. The number of rotatable bonds is 8. The Morgan fingerprint density at radius 1 is 1.14 bits per heavy atom. The first-order chi connectivity index (χ1) is 20.9. The molecule has 0 aliphatic carbocycles. The second kappa shape index (κ2) is 12.6. The highest BCUT2D eigenvalue weighted by Crippen LogP contribution is 2.34. The molecule has 2 aromatic carbocycles. The fourth-order valence-corrected chi connectivity index (χ4v) is 5.37. The molecule has 1 saturated heterocycles. The van der Waals surface area contributed by atoms with Gasteiger partial charge in [0.15, 0.2) is 0 Å². The molecular formula is C33H34F3N5O3. The van der Waals surface area contributed by atoms with Crippen LogP contribution in [-0.4, -0.2) is 72.0 Å². The number of halogens is 3. The Bertz CT molecular complexity index is 1730. The van der Waals surface area contributed by atoms with Crippen LogP contribution >= 0.6 is 0 Å². The number of aryl methyl sites for hydroxylation is 1. The van der Waals surface area contributed by atoms with E-state index >= 15 is 0 Å². The number of hydrogen-bond acceptors (Lipinski definition) is 6. The number of carbonyl (C=O) groups is 2. The van der Waals surface area contributed by atoms with E-state index in [-0.39, 0.29) is 17.7 Å². The average Bonchev–Trinajstić information content (AvgIpc) is 3.64. The van der Waals surface area contributed by atoms with Crippen LogP contribution < -0.4 is 5.32 Å². The number of ether oxygens (including phenoxy) is 1. The van der Waals surface area contributed by atoms with Gasteiger partial charge >= 0.3 is 12.1 Å². The van der Waals surface area contributed by atoms with E-state index in [0.29, 0.717) is 29.6 Å². The molecule has 1 unspecified atom stereocenters. The van der Waals surface area contributed by atoms with Crippen LogP contribution in [0.15, 0.2) is 54.7 Å². The summed E-state index contributed by atoms with van der Waals surface area (Å²) in [4.78, 5) is 36.3.